The number of halogens is 1. The highest BCUT2D eigenvalue weighted by atomic mass is 79.9. The van der Waals surface area contributed by atoms with Crippen LogP contribution in [0.4, 0.5) is 0 Å². The second kappa shape index (κ2) is 7.41. The molecule has 0 atom stereocenters. The van der Waals surface area contributed by atoms with Gasteiger partial charge in [-0.2, -0.15) is 0 Å². The summed E-state index contributed by atoms with van der Waals surface area (Å²) >= 11 is 3.45. The maximum Gasteiger partial charge on any atom is 0.130 e. The molecular formula is C16H19BrN2O. The molecule has 0 aliphatic heterocycles. The average Bonchev–Trinajstić information content (AvgIpc) is 2.45. The molecule has 0 saturated heterocycles. The fourth-order valence-electron chi connectivity index (χ4n) is 1.89. The Morgan fingerprint density at radius 2 is 2.00 bits per heavy atom. The maximum atomic E-state index is 5.83. The molecule has 0 fully saturated rings. The number of rotatable bonds is 6. The highest BCUT2D eigenvalue weighted by molar-refractivity contribution is 9.10. The molecule has 0 amide bonds. The normalized spacial score (nSPS) is 10.6. The van der Waals surface area contributed by atoms with Gasteiger partial charge in [0.25, 0.3) is 0 Å². The van der Waals surface area contributed by atoms with Crippen LogP contribution in [0.5, 0.6) is 5.75 Å². The Morgan fingerprint density at radius 3 is 2.75 bits per heavy atom. The first-order valence-electron chi connectivity index (χ1n) is 6.73. The van der Waals surface area contributed by atoms with E-state index in [2.05, 4.69) is 33.2 Å². The minimum absolute atomic E-state index is 0.489. The highest BCUT2D eigenvalue weighted by Gasteiger charge is 2.02. The first-order valence-corrected chi connectivity index (χ1v) is 7.53. The second-order valence-electron chi connectivity index (χ2n) is 4.60. The summed E-state index contributed by atoms with van der Waals surface area (Å²) in [6.45, 7) is 6.35. The van der Waals surface area contributed by atoms with E-state index < -0.39 is 0 Å². The minimum Gasteiger partial charge on any atom is -0.487 e. The van der Waals surface area contributed by atoms with Gasteiger partial charge in [0.1, 0.15) is 12.4 Å². The summed E-state index contributed by atoms with van der Waals surface area (Å²) in [5, 5.41) is 3.27. The molecule has 0 radical (unpaired) electrons. The van der Waals surface area contributed by atoms with E-state index in [-0.39, 0.29) is 0 Å². The van der Waals surface area contributed by atoms with Gasteiger partial charge in [0.05, 0.1) is 11.4 Å². The summed E-state index contributed by atoms with van der Waals surface area (Å²) in [4.78, 5) is 4.58. The number of pyridine rings is 1. The quantitative estimate of drug-likeness (QED) is 0.871. The van der Waals surface area contributed by atoms with Crippen molar-refractivity contribution < 1.29 is 4.74 Å². The van der Waals surface area contributed by atoms with E-state index in [0.717, 1.165) is 40.3 Å². The zero-order valence-electron chi connectivity index (χ0n) is 11.8. The van der Waals surface area contributed by atoms with Gasteiger partial charge in [-0.15, -0.1) is 0 Å². The number of nitrogens with zero attached hydrogens (tertiary/aromatic N) is 1. The predicted molar refractivity (Wildman–Crippen MR) is 84.8 cm³/mol. The van der Waals surface area contributed by atoms with Crippen molar-refractivity contribution in [3.8, 4) is 5.75 Å². The number of benzene rings is 1. The number of hydrogen-bond donors (Lipinski definition) is 1. The van der Waals surface area contributed by atoms with Gasteiger partial charge < -0.3 is 10.1 Å². The standard InChI is InChI=1S/C16H19BrN2O/c1-3-18-10-14-5-4-6-15(19-14)11-20-16-8-7-13(17)9-12(16)2/h4-9,18H,3,10-11H2,1-2H3. The predicted octanol–water partition coefficient (Wildman–Crippen LogP) is 3.84. The first-order chi connectivity index (χ1) is 9.69. The van der Waals surface area contributed by atoms with Crippen molar-refractivity contribution in [3.05, 3.63) is 57.8 Å². The smallest absolute Gasteiger partial charge is 0.130 e. The lowest BCUT2D eigenvalue weighted by Crippen LogP contribution is -2.13. The minimum atomic E-state index is 0.489. The summed E-state index contributed by atoms with van der Waals surface area (Å²) in [5.41, 5.74) is 3.10. The summed E-state index contributed by atoms with van der Waals surface area (Å²) in [7, 11) is 0. The fourth-order valence-corrected chi connectivity index (χ4v) is 2.36. The van der Waals surface area contributed by atoms with Gasteiger partial charge in [0, 0.05) is 11.0 Å². The lowest BCUT2D eigenvalue weighted by molar-refractivity contribution is 0.299. The number of aromatic nitrogens is 1. The first kappa shape index (κ1) is 15.0. The number of hydrogen-bond acceptors (Lipinski definition) is 3. The van der Waals surface area contributed by atoms with Gasteiger partial charge in [0.15, 0.2) is 0 Å². The third-order valence-corrected chi connectivity index (χ3v) is 3.43. The Hall–Kier alpha value is -1.39. The second-order valence-corrected chi connectivity index (χ2v) is 5.51. The topological polar surface area (TPSA) is 34.1 Å². The molecule has 20 heavy (non-hydrogen) atoms. The molecular weight excluding hydrogens is 316 g/mol. The van der Waals surface area contributed by atoms with E-state index in [1.807, 2.05) is 43.3 Å². The Morgan fingerprint density at radius 1 is 1.20 bits per heavy atom. The lowest BCUT2D eigenvalue weighted by Gasteiger charge is -2.10. The van der Waals surface area contributed by atoms with Crippen LogP contribution in [0.25, 0.3) is 0 Å². The van der Waals surface area contributed by atoms with Crippen molar-refractivity contribution in [2.45, 2.75) is 27.0 Å². The Labute approximate surface area is 128 Å². The third kappa shape index (κ3) is 4.32. The maximum absolute atomic E-state index is 5.83. The van der Waals surface area contributed by atoms with E-state index in [4.69, 9.17) is 4.74 Å². The van der Waals surface area contributed by atoms with Crippen LogP contribution < -0.4 is 10.1 Å². The zero-order valence-corrected chi connectivity index (χ0v) is 13.4. The molecule has 106 valence electrons. The van der Waals surface area contributed by atoms with E-state index in [9.17, 15) is 0 Å². The summed E-state index contributed by atoms with van der Waals surface area (Å²) in [6, 6.07) is 12.0. The van der Waals surface area contributed by atoms with E-state index in [1.54, 1.807) is 0 Å². The molecule has 1 heterocycles. The molecule has 0 saturated carbocycles. The summed E-state index contributed by atoms with van der Waals surface area (Å²) in [6.07, 6.45) is 0. The molecule has 0 aliphatic rings. The molecule has 2 aromatic rings. The van der Waals surface area contributed by atoms with E-state index in [1.165, 1.54) is 0 Å². The molecule has 0 bridgehead atoms. The van der Waals surface area contributed by atoms with Crippen molar-refractivity contribution in [1.29, 1.82) is 0 Å². The number of ether oxygens (including phenoxy) is 1. The molecule has 1 N–H and O–H groups in total. The van der Waals surface area contributed by atoms with Gasteiger partial charge in [-0.25, -0.2) is 0 Å². The van der Waals surface area contributed by atoms with Gasteiger partial charge in [-0.05, 0) is 49.4 Å². The van der Waals surface area contributed by atoms with E-state index in [0.29, 0.717) is 6.61 Å². The average molecular weight is 335 g/mol. The lowest BCUT2D eigenvalue weighted by atomic mass is 10.2. The molecule has 3 nitrogen and oxygen atoms in total. The molecule has 4 heteroatoms. The van der Waals surface area contributed by atoms with Gasteiger partial charge in [-0.1, -0.05) is 28.9 Å². The van der Waals surface area contributed by atoms with Crippen molar-refractivity contribution in [2.75, 3.05) is 6.54 Å². The molecule has 0 unspecified atom stereocenters. The monoisotopic (exact) mass is 334 g/mol. The van der Waals surface area contributed by atoms with Crippen molar-refractivity contribution >= 4 is 15.9 Å². The van der Waals surface area contributed by atoms with Crippen LogP contribution in [0.3, 0.4) is 0 Å². The van der Waals surface area contributed by atoms with Crippen LogP contribution >= 0.6 is 15.9 Å². The zero-order chi connectivity index (χ0) is 14.4. The largest absolute Gasteiger partial charge is 0.487 e. The molecule has 1 aromatic carbocycles. The Balaban J connectivity index is 1.99. The van der Waals surface area contributed by atoms with Crippen LogP contribution in [0.15, 0.2) is 40.9 Å². The van der Waals surface area contributed by atoms with Gasteiger partial charge >= 0.3 is 0 Å². The van der Waals surface area contributed by atoms with Crippen molar-refractivity contribution in [1.82, 2.24) is 10.3 Å². The van der Waals surface area contributed by atoms with Crippen LogP contribution in [-0.2, 0) is 13.2 Å². The highest BCUT2D eigenvalue weighted by Crippen LogP contribution is 2.22. The summed E-state index contributed by atoms with van der Waals surface area (Å²) in [5.74, 6) is 0.895. The van der Waals surface area contributed by atoms with Gasteiger partial charge in [-0.3, -0.25) is 4.98 Å². The Kier molecular flexibility index (Phi) is 5.56. The molecule has 0 spiro atoms. The third-order valence-electron chi connectivity index (χ3n) is 2.93. The SMILES string of the molecule is CCNCc1cccc(COc2ccc(Br)cc2C)n1. The van der Waals surface area contributed by atoms with Crippen LogP contribution in [0, 0.1) is 6.92 Å². The van der Waals surface area contributed by atoms with Crippen LogP contribution in [0.2, 0.25) is 0 Å². The van der Waals surface area contributed by atoms with E-state index >= 15 is 0 Å². The van der Waals surface area contributed by atoms with Crippen LogP contribution in [-0.4, -0.2) is 11.5 Å². The molecule has 0 aliphatic carbocycles. The van der Waals surface area contributed by atoms with Crippen molar-refractivity contribution in [2.24, 2.45) is 0 Å². The molecule has 2 rings (SSSR count). The summed E-state index contributed by atoms with van der Waals surface area (Å²) < 4.78 is 6.90. The Bertz CT molecular complexity index is 572. The van der Waals surface area contributed by atoms with Crippen LogP contribution in [0.1, 0.15) is 23.9 Å². The van der Waals surface area contributed by atoms with Crippen molar-refractivity contribution in [3.63, 3.8) is 0 Å². The van der Waals surface area contributed by atoms with Gasteiger partial charge in [0.2, 0.25) is 0 Å². The number of aryl methyl sites for hydroxylation is 1. The molecule has 1 aromatic heterocycles. The number of nitrogens with one attached hydrogen (secondary N) is 1. The fraction of sp³-hybridized carbons (Fsp3) is 0.312.